The molecule has 2 rings (SSSR count). The van der Waals surface area contributed by atoms with Crippen molar-refractivity contribution in [1.29, 1.82) is 0 Å². The summed E-state index contributed by atoms with van der Waals surface area (Å²) in [4.78, 5) is 5.05. The van der Waals surface area contributed by atoms with Gasteiger partial charge >= 0.3 is 0 Å². The summed E-state index contributed by atoms with van der Waals surface area (Å²) >= 11 is 1.42. The van der Waals surface area contributed by atoms with E-state index in [4.69, 9.17) is 5.73 Å². The first-order chi connectivity index (χ1) is 7.29. The zero-order valence-corrected chi connectivity index (χ0v) is 8.72. The zero-order chi connectivity index (χ0) is 10.7. The minimum absolute atomic E-state index is 0.290. The predicted molar refractivity (Wildman–Crippen MR) is 59.7 cm³/mol. The number of nitrogens with two attached hydrogens (primary N) is 1. The van der Waals surface area contributed by atoms with E-state index in [9.17, 15) is 4.39 Å². The number of anilines is 2. The summed E-state index contributed by atoms with van der Waals surface area (Å²) in [5.41, 5.74) is 5.88. The minimum atomic E-state index is -0.290. The first-order valence-corrected chi connectivity index (χ1v) is 5.27. The smallest absolute Gasteiger partial charge is 0.187 e. The van der Waals surface area contributed by atoms with Gasteiger partial charge in [0, 0.05) is 17.6 Å². The molecule has 3 N–H and O–H groups in total. The van der Waals surface area contributed by atoms with Gasteiger partial charge in [-0.3, -0.25) is 0 Å². The Morgan fingerprint density at radius 2 is 2.20 bits per heavy atom. The largest absolute Gasteiger partial charge is 0.329 e. The van der Waals surface area contributed by atoms with Crippen LogP contribution < -0.4 is 11.1 Å². The molecule has 2 aromatic rings. The number of aromatic nitrogens is 1. The maximum atomic E-state index is 13.3. The highest BCUT2D eigenvalue weighted by molar-refractivity contribution is 7.15. The van der Waals surface area contributed by atoms with Crippen LogP contribution in [0.3, 0.4) is 0 Å². The zero-order valence-electron chi connectivity index (χ0n) is 7.90. The number of rotatable bonds is 3. The Balaban J connectivity index is 2.18. The number of thiazole rings is 1. The molecule has 78 valence electrons. The van der Waals surface area contributed by atoms with Gasteiger partial charge in [0.2, 0.25) is 0 Å². The van der Waals surface area contributed by atoms with E-state index in [-0.39, 0.29) is 5.82 Å². The van der Waals surface area contributed by atoms with Gasteiger partial charge in [0.15, 0.2) is 5.13 Å². The summed E-state index contributed by atoms with van der Waals surface area (Å²) in [5, 5.41) is 3.56. The molecule has 0 fully saturated rings. The Morgan fingerprint density at radius 3 is 2.87 bits per heavy atom. The molecule has 0 atom stereocenters. The van der Waals surface area contributed by atoms with E-state index < -0.39 is 0 Å². The highest BCUT2D eigenvalue weighted by Gasteiger charge is 2.04. The molecule has 15 heavy (non-hydrogen) atoms. The van der Waals surface area contributed by atoms with E-state index in [1.807, 2.05) is 0 Å². The van der Waals surface area contributed by atoms with Crippen LogP contribution in [0.25, 0.3) is 0 Å². The average molecular weight is 223 g/mol. The molecule has 0 saturated heterocycles. The second-order valence-corrected chi connectivity index (χ2v) is 4.06. The standard InChI is InChI=1S/C10H10FN3S/c11-8-3-1-2-4-9(8)14-10-13-6-7(5-12)15-10/h1-4,6H,5,12H2,(H,13,14). The van der Waals surface area contributed by atoms with Gasteiger partial charge in [-0.15, -0.1) is 11.3 Å². The van der Waals surface area contributed by atoms with Crippen molar-refractivity contribution >= 4 is 22.2 Å². The molecule has 0 spiro atoms. The van der Waals surface area contributed by atoms with Crippen LogP contribution in [0.15, 0.2) is 30.5 Å². The molecule has 0 bridgehead atoms. The number of para-hydroxylation sites is 1. The van der Waals surface area contributed by atoms with Crippen LogP contribution >= 0.6 is 11.3 Å². The first kappa shape index (κ1) is 10.1. The summed E-state index contributed by atoms with van der Waals surface area (Å²) < 4.78 is 13.3. The Hall–Kier alpha value is -1.46. The van der Waals surface area contributed by atoms with Crippen molar-refractivity contribution in [3.63, 3.8) is 0 Å². The molecular formula is C10H10FN3S. The van der Waals surface area contributed by atoms with Crippen molar-refractivity contribution in [2.75, 3.05) is 5.32 Å². The molecule has 3 nitrogen and oxygen atoms in total. The molecule has 1 aromatic heterocycles. The molecule has 5 heteroatoms. The van der Waals surface area contributed by atoms with Gasteiger partial charge in [-0.25, -0.2) is 9.37 Å². The number of benzene rings is 1. The van der Waals surface area contributed by atoms with Crippen molar-refractivity contribution < 1.29 is 4.39 Å². The Kier molecular flexibility index (Phi) is 2.94. The Bertz CT molecular complexity index is 455. The number of hydrogen-bond donors (Lipinski definition) is 2. The molecule has 0 amide bonds. The molecule has 0 aliphatic rings. The molecule has 1 aromatic carbocycles. The highest BCUT2D eigenvalue weighted by atomic mass is 32.1. The van der Waals surface area contributed by atoms with E-state index in [0.717, 1.165) is 4.88 Å². The molecule has 1 heterocycles. The normalized spacial score (nSPS) is 10.3. The van der Waals surface area contributed by atoms with Crippen molar-refractivity contribution in [3.05, 3.63) is 41.2 Å². The Morgan fingerprint density at radius 1 is 1.40 bits per heavy atom. The maximum Gasteiger partial charge on any atom is 0.187 e. The first-order valence-electron chi connectivity index (χ1n) is 4.46. The van der Waals surface area contributed by atoms with Crippen molar-refractivity contribution in [2.24, 2.45) is 5.73 Å². The fourth-order valence-electron chi connectivity index (χ4n) is 1.14. The SMILES string of the molecule is NCc1cnc(Nc2ccccc2F)s1. The second-order valence-electron chi connectivity index (χ2n) is 2.94. The number of nitrogens with one attached hydrogen (secondary N) is 1. The van der Waals surface area contributed by atoms with E-state index in [0.29, 0.717) is 17.4 Å². The van der Waals surface area contributed by atoms with Crippen LogP contribution in [0.2, 0.25) is 0 Å². The fraction of sp³-hybridized carbons (Fsp3) is 0.100. The van der Waals surface area contributed by atoms with Gasteiger partial charge in [0.1, 0.15) is 5.82 Å². The lowest BCUT2D eigenvalue weighted by Gasteiger charge is -2.02. The summed E-state index contributed by atoms with van der Waals surface area (Å²) in [6.45, 7) is 0.455. The quantitative estimate of drug-likeness (QED) is 0.840. The van der Waals surface area contributed by atoms with Gasteiger partial charge in [-0.2, -0.15) is 0 Å². The molecule has 0 aliphatic carbocycles. The monoisotopic (exact) mass is 223 g/mol. The summed E-state index contributed by atoms with van der Waals surface area (Å²) in [6, 6.07) is 6.48. The second kappa shape index (κ2) is 4.37. The minimum Gasteiger partial charge on any atom is -0.329 e. The van der Waals surface area contributed by atoms with Gasteiger partial charge < -0.3 is 11.1 Å². The van der Waals surface area contributed by atoms with Crippen LogP contribution in [0.4, 0.5) is 15.2 Å². The maximum absolute atomic E-state index is 13.3. The Labute approximate surface area is 90.8 Å². The summed E-state index contributed by atoms with van der Waals surface area (Å²) in [7, 11) is 0. The third-order valence-electron chi connectivity index (χ3n) is 1.87. The van der Waals surface area contributed by atoms with Gasteiger partial charge in [-0.1, -0.05) is 12.1 Å². The predicted octanol–water partition coefficient (Wildman–Crippen LogP) is 2.48. The average Bonchev–Trinajstić information content (AvgIpc) is 2.69. The van der Waals surface area contributed by atoms with E-state index in [2.05, 4.69) is 10.3 Å². The number of halogens is 1. The van der Waals surface area contributed by atoms with Crippen LogP contribution in [-0.4, -0.2) is 4.98 Å². The van der Waals surface area contributed by atoms with Crippen molar-refractivity contribution in [1.82, 2.24) is 4.98 Å². The van der Waals surface area contributed by atoms with Crippen molar-refractivity contribution in [3.8, 4) is 0 Å². The van der Waals surface area contributed by atoms with Crippen LogP contribution in [0.5, 0.6) is 0 Å². The van der Waals surface area contributed by atoms with Crippen LogP contribution in [0.1, 0.15) is 4.88 Å². The summed E-state index contributed by atoms with van der Waals surface area (Å²) in [5.74, 6) is -0.290. The molecule has 0 saturated carbocycles. The number of hydrogen-bond acceptors (Lipinski definition) is 4. The van der Waals surface area contributed by atoms with Gasteiger partial charge in [-0.05, 0) is 12.1 Å². The third-order valence-corrected chi connectivity index (χ3v) is 2.81. The lowest BCUT2D eigenvalue weighted by molar-refractivity contribution is 0.632. The van der Waals surface area contributed by atoms with E-state index >= 15 is 0 Å². The van der Waals surface area contributed by atoms with Crippen LogP contribution in [0, 0.1) is 5.82 Å². The van der Waals surface area contributed by atoms with Gasteiger partial charge in [0.25, 0.3) is 0 Å². The third kappa shape index (κ3) is 2.31. The topological polar surface area (TPSA) is 50.9 Å². The van der Waals surface area contributed by atoms with E-state index in [1.54, 1.807) is 24.4 Å². The fourth-order valence-corrected chi connectivity index (χ4v) is 1.84. The molecule has 0 radical (unpaired) electrons. The number of nitrogens with zero attached hydrogens (tertiary/aromatic N) is 1. The lowest BCUT2D eigenvalue weighted by atomic mass is 10.3. The molecule has 0 aliphatic heterocycles. The van der Waals surface area contributed by atoms with E-state index in [1.165, 1.54) is 17.4 Å². The van der Waals surface area contributed by atoms with Crippen molar-refractivity contribution in [2.45, 2.75) is 6.54 Å². The highest BCUT2D eigenvalue weighted by Crippen LogP contribution is 2.23. The van der Waals surface area contributed by atoms with Gasteiger partial charge in [0.05, 0.1) is 5.69 Å². The summed E-state index contributed by atoms with van der Waals surface area (Å²) in [6.07, 6.45) is 1.69. The molecule has 0 unspecified atom stereocenters. The molecular weight excluding hydrogens is 213 g/mol. The lowest BCUT2D eigenvalue weighted by Crippen LogP contribution is -1.92. The van der Waals surface area contributed by atoms with Crippen LogP contribution in [-0.2, 0) is 6.54 Å².